The third-order valence-electron chi connectivity index (χ3n) is 3.60. The molecule has 0 spiro atoms. The number of rotatable bonds is 8. The van der Waals surface area contributed by atoms with E-state index < -0.39 is 11.9 Å². The number of hydrogen-bond donors (Lipinski definition) is 1. The van der Waals surface area contributed by atoms with E-state index in [1.54, 1.807) is 0 Å². The predicted octanol–water partition coefficient (Wildman–Crippen LogP) is 1.93. The summed E-state index contributed by atoms with van der Waals surface area (Å²) in [6, 6.07) is 0. The van der Waals surface area contributed by atoms with E-state index >= 15 is 0 Å². The monoisotopic (exact) mass is 298 g/mol. The number of aliphatic carboxylic acids is 1. The number of hydrogen-bond acceptors (Lipinski definition) is 5. The Kier molecular flexibility index (Phi) is 7.50. The molecule has 1 N–H and O–H groups in total. The summed E-state index contributed by atoms with van der Waals surface area (Å²) in [7, 11) is 0. The SMILES string of the molecule is C=CC(=O)OCCCCOC(=O)[C@H]1CC[C@H](C(=O)O)CC1. The molecule has 0 heterocycles. The minimum atomic E-state index is -0.782. The number of carbonyl (C=O) groups excluding carboxylic acids is 2. The van der Waals surface area contributed by atoms with Crippen molar-refractivity contribution in [1.29, 1.82) is 0 Å². The average Bonchev–Trinajstić information content (AvgIpc) is 2.50. The zero-order valence-electron chi connectivity index (χ0n) is 12.1. The van der Waals surface area contributed by atoms with Gasteiger partial charge in [-0.25, -0.2) is 4.79 Å². The van der Waals surface area contributed by atoms with Crippen LogP contribution in [-0.2, 0) is 23.9 Å². The highest BCUT2D eigenvalue weighted by Crippen LogP contribution is 2.29. The van der Waals surface area contributed by atoms with Crippen LogP contribution in [-0.4, -0.2) is 36.2 Å². The molecule has 21 heavy (non-hydrogen) atoms. The smallest absolute Gasteiger partial charge is 0.330 e. The normalized spacial score (nSPS) is 21.3. The zero-order chi connectivity index (χ0) is 15.7. The Bertz CT molecular complexity index is 382. The first-order valence-corrected chi connectivity index (χ1v) is 7.23. The molecule has 0 aromatic heterocycles. The van der Waals surface area contributed by atoms with Gasteiger partial charge in [0.15, 0.2) is 0 Å². The molecule has 1 saturated carbocycles. The topological polar surface area (TPSA) is 89.9 Å². The summed E-state index contributed by atoms with van der Waals surface area (Å²) in [5, 5.41) is 8.89. The van der Waals surface area contributed by atoms with Crippen LogP contribution in [0.25, 0.3) is 0 Å². The van der Waals surface area contributed by atoms with Gasteiger partial charge in [0, 0.05) is 6.08 Å². The van der Waals surface area contributed by atoms with Gasteiger partial charge in [0.1, 0.15) is 0 Å². The van der Waals surface area contributed by atoms with Crippen LogP contribution in [0.4, 0.5) is 0 Å². The molecule has 0 bridgehead atoms. The van der Waals surface area contributed by atoms with E-state index in [1.165, 1.54) is 0 Å². The van der Waals surface area contributed by atoms with Gasteiger partial charge >= 0.3 is 17.9 Å². The van der Waals surface area contributed by atoms with Crippen molar-refractivity contribution in [3.05, 3.63) is 12.7 Å². The predicted molar refractivity (Wildman–Crippen MR) is 74.4 cm³/mol. The van der Waals surface area contributed by atoms with Gasteiger partial charge in [0.2, 0.25) is 0 Å². The van der Waals surface area contributed by atoms with Crippen LogP contribution in [0.15, 0.2) is 12.7 Å². The van der Waals surface area contributed by atoms with E-state index in [2.05, 4.69) is 6.58 Å². The van der Waals surface area contributed by atoms with E-state index in [4.69, 9.17) is 14.6 Å². The van der Waals surface area contributed by atoms with Crippen LogP contribution in [0.3, 0.4) is 0 Å². The minimum Gasteiger partial charge on any atom is -0.481 e. The van der Waals surface area contributed by atoms with Gasteiger partial charge in [-0.2, -0.15) is 0 Å². The molecule has 0 aliphatic heterocycles. The number of carboxylic acid groups (broad SMARTS) is 1. The van der Waals surface area contributed by atoms with Crippen molar-refractivity contribution in [2.75, 3.05) is 13.2 Å². The molecule has 0 atom stereocenters. The quantitative estimate of drug-likeness (QED) is 0.418. The summed E-state index contributed by atoms with van der Waals surface area (Å²) in [5.41, 5.74) is 0. The van der Waals surface area contributed by atoms with E-state index in [0.29, 0.717) is 45.1 Å². The number of carbonyl (C=O) groups is 3. The Hall–Kier alpha value is -1.85. The lowest BCUT2D eigenvalue weighted by molar-refractivity contribution is -0.153. The molecule has 1 fully saturated rings. The van der Waals surface area contributed by atoms with Crippen LogP contribution < -0.4 is 0 Å². The van der Waals surface area contributed by atoms with Crippen LogP contribution >= 0.6 is 0 Å². The molecule has 0 radical (unpaired) electrons. The Morgan fingerprint density at radius 2 is 1.52 bits per heavy atom. The van der Waals surface area contributed by atoms with E-state index in [-0.39, 0.29) is 24.4 Å². The highest BCUT2D eigenvalue weighted by molar-refractivity contribution is 5.81. The highest BCUT2D eigenvalue weighted by atomic mass is 16.5. The van der Waals surface area contributed by atoms with Gasteiger partial charge in [0.05, 0.1) is 25.0 Å². The summed E-state index contributed by atoms with van der Waals surface area (Å²) in [4.78, 5) is 33.4. The van der Waals surface area contributed by atoms with Crippen molar-refractivity contribution in [3.8, 4) is 0 Å². The highest BCUT2D eigenvalue weighted by Gasteiger charge is 2.30. The molecule has 6 heteroatoms. The van der Waals surface area contributed by atoms with Crippen LogP contribution in [0.2, 0.25) is 0 Å². The lowest BCUT2D eigenvalue weighted by atomic mass is 9.82. The maximum Gasteiger partial charge on any atom is 0.330 e. The van der Waals surface area contributed by atoms with E-state index in [0.717, 1.165) is 6.08 Å². The molecule has 0 aromatic rings. The van der Waals surface area contributed by atoms with Crippen molar-refractivity contribution in [2.45, 2.75) is 38.5 Å². The number of unbranched alkanes of at least 4 members (excludes halogenated alkanes) is 1. The van der Waals surface area contributed by atoms with Crippen LogP contribution in [0.1, 0.15) is 38.5 Å². The molecule has 6 nitrogen and oxygen atoms in total. The number of ether oxygens (including phenoxy) is 2. The lowest BCUT2D eigenvalue weighted by Crippen LogP contribution is -2.27. The molecule has 1 aliphatic carbocycles. The lowest BCUT2D eigenvalue weighted by Gasteiger charge is -2.24. The number of carboxylic acids is 1. The average molecular weight is 298 g/mol. The largest absolute Gasteiger partial charge is 0.481 e. The zero-order valence-corrected chi connectivity index (χ0v) is 12.1. The Labute approximate surface area is 124 Å². The third-order valence-corrected chi connectivity index (χ3v) is 3.60. The molecule has 0 aromatic carbocycles. The molecule has 0 amide bonds. The summed E-state index contributed by atoms with van der Waals surface area (Å²) in [6.45, 7) is 3.86. The second-order valence-electron chi connectivity index (χ2n) is 5.13. The Morgan fingerprint density at radius 3 is 2.05 bits per heavy atom. The summed E-state index contributed by atoms with van der Waals surface area (Å²) in [6.07, 6.45) is 4.57. The van der Waals surface area contributed by atoms with Gasteiger partial charge in [-0.1, -0.05) is 6.58 Å². The first kappa shape index (κ1) is 17.2. The second kappa shape index (κ2) is 9.15. The van der Waals surface area contributed by atoms with Gasteiger partial charge in [-0.3, -0.25) is 9.59 Å². The fourth-order valence-corrected chi connectivity index (χ4v) is 2.30. The molecule has 0 unspecified atom stereocenters. The van der Waals surface area contributed by atoms with Crippen molar-refractivity contribution in [3.63, 3.8) is 0 Å². The van der Waals surface area contributed by atoms with Crippen molar-refractivity contribution >= 4 is 17.9 Å². The standard InChI is InChI=1S/C15H22O6/c1-2-13(16)20-9-3-4-10-21-15(19)12-7-5-11(6-8-12)14(17)18/h2,11-12H,1,3-10H2,(H,17,18)/t11-,12-. The molecule has 118 valence electrons. The molecular formula is C15H22O6. The van der Waals surface area contributed by atoms with Crippen LogP contribution in [0, 0.1) is 11.8 Å². The van der Waals surface area contributed by atoms with Crippen molar-refractivity contribution in [2.24, 2.45) is 11.8 Å². The van der Waals surface area contributed by atoms with Crippen LogP contribution in [0.5, 0.6) is 0 Å². The molecule has 1 aliphatic rings. The maximum atomic E-state index is 11.8. The van der Waals surface area contributed by atoms with E-state index in [1.807, 2.05) is 0 Å². The van der Waals surface area contributed by atoms with E-state index in [9.17, 15) is 14.4 Å². The third kappa shape index (κ3) is 6.42. The second-order valence-corrected chi connectivity index (χ2v) is 5.13. The van der Waals surface area contributed by atoms with Crippen molar-refractivity contribution in [1.82, 2.24) is 0 Å². The molecule has 1 rings (SSSR count). The summed E-state index contributed by atoms with van der Waals surface area (Å²) in [5.74, 6) is -1.99. The maximum absolute atomic E-state index is 11.8. The number of esters is 2. The molecule has 0 saturated heterocycles. The first-order valence-electron chi connectivity index (χ1n) is 7.23. The Morgan fingerprint density at radius 1 is 1.00 bits per heavy atom. The van der Waals surface area contributed by atoms with Gasteiger partial charge in [-0.15, -0.1) is 0 Å². The van der Waals surface area contributed by atoms with Gasteiger partial charge in [0.25, 0.3) is 0 Å². The van der Waals surface area contributed by atoms with Crippen molar-refractivity contribution < 1.29 is 29.0 Å². The fraction of sp³-hybridized carbons (Fsp3) is 0.667. The minimum absolute atomic E-state index is 0.181. The van der Waals surface area contributed by atoms with Gasteiger partial charge in [-0.05, 0) is 38.5 Å². The molecular weight excluding hydrogens is 276 g/mol. The fourth-order valence-electron chi connectivity index (χ4n) is 2.30. The Balaban J connectivity index is 2.08. The summed E-state index contributed by atoms with van der Waals surface area (Å²) < 4.78 is 9.96. The first-order chi connectivity index (χ1) is 10.0. The summed E-state index contributed by atoms with van der Waals surface area (Å²) >= 11 is 0. The van der Waals surface area contributed by atoms with Gasteiger partial charge < -0.3 is 14.6 Å².